The van der Waals surface area contributed by atoms with E-state index in [1.54, 1.807) is 0 Å². The van der Waals surface area contributed by atoms with Crippen LogP contribution in [-0.4, -0.2) is 30.5 Å². The maximum Gasteiger partial charge on any atom is 0.104 e. The fraction of sp³-hybridized carbons (Fsp3) is 1.00. The summed E-state index contributed by atoms with van der Waals surface area (Å²) >= 11 is 0. The number of aliphatic hydroxyl groups is 1. The van der Waals surface area contributed by atoms with Gasteiger partial charge in [0.15, 0.2) is 0 Å². The smallest absolute Gasteiger partial charge is 0.104 e. The van der Waals surface area contributed by atoms with E-state index in [2.05, 4.69) is 5.32 Å². The molecule has 0 aliphatic carbocycles. The van der Waals surface area contributed by atoms with Crippen LogP contribution < -0.4 is 5.32 Å². The molecule has 1 aliphatic rings. The molecule has 0 amide bonds. The molecule has 12 heavy (non-hydrogen) atoms. The third-order valence-electron chi connectivity index (χ3n) is 2.87. The van der Waals surface area contributed by atoms with Crippen LogP contribution >= 0.6 is 0 Å². The molecule has 3 heteroatoms. The molecule has 0 aromatic rings. The van der Waals surface area contributed by atoms with Crippen LogP contribution in [0.3, 0.4) is 0 Å². The molecule has 1 saturated heterocycles. The summed E-state index contributed by atoms with van der Waals surface area (Å²) in [5.74, 6) is 0.0694. The Morgan fingerprint density at radius 2 is 2.25 bits per heavy atom. The Balaban J connectivity index is 2.51. The Morgan fingerprint density at radius 1 is 1.58 bits per heavy atom. The van der Waals surface area contributed by atoms with Crippen molar-refractivity contribution in [2.45, 2.75) is 32.5 Å². The normalized spacial score (nSPS) is 39.5. The van der Waals surface area contributed by atoms with Gasteiger partial charge < -0.3 is 10.4 Å². The van der Waals surface area contributed by atoms with Gasteiger partial charge in [-0.15, -0.1) is 0 Å². The Hall–Kier alpha value is -0.150. The zero-order valence-corrected chi connectivity index (χ0v) is 7.76. The monoisotopic (exact) mass is 175 g/mol. The lowest BCUT2D eigenvalue weighted by atomic mass is 9.82. The summed E-state index contributed by atoms with van der Waals surface area (Å²) in [6, 6.07) is 0. The highest BCUT2D eigenvalue weighted by Gasteiger charge is 2.33. The highest BCUT2D eigenvalue weighted by Crippen LogP contribution is 2.25. The van der Waals surface area contributed by atoms with E-state index < -0.39 is 6.17 Å². The average molecular weight is 175 g/mol. The van der Waals surface area contributed by atoms with E-state index in [1.807, 2.05) is 13.8 Å². The van der Waals surface area contributed by atoms with Crippen molar-refractivity contribution in [1.29, 1.82) is 0 Å². The first kappa shape index (κ1) is 9.93. The van der Waals surface area contributed by atoms with E-state index in [9.17, 15) is 9.50 Å². The zero-order valence-electron chi connectivity index (χ0n) is 7.76. The van der Waals surface area contributed by atoms with Crippen molar-refractivity contribution < 1.29 is 9.50 Å². The van der Waals surface area contributed by atoms with Gasteiger partial charge in [-0.25, -0.2) is 4.39 Å². The third kappa shape index (κ3) is 1.96. The predicted octanol–water partition coefficient (Wildman–Crippen LogP) is 0.951. The van der Waals surface area contributed by atoms with Crippen LogP contribution in [-0.2, 0) is 0 Å². The maximum absolute atomic E-state index is 13.3. The number of alkyl halides is 1. The van der Waals surface area contributed by atoms with Crippen LogP contribution in [0.4, 0.5) is 4.39 Å². The minimum Gasteiger partial charge on any atom is -0.392 e. The summed E-state index contributed by atoms with van der Waals surface area (Å²) in [5.41, 5.74) is 0. The molecule has 0 spiro atoms. The van der Waals surface area contributed by atoms with Gasteiger partial charge in [-0.05, 0) is 12.3 Å². The molecule has 0 saturated carbocycles. The summed E-state index contributed by atoms with van der Waals surface area (Å²) in [6.45, 7) is 5.08. The molecule has 0 unspecified atom stereocenters. The first-order valence-corrected chi connectivity index (χ1v) is 4.69. The highest BCUT2D eigenvalue weighted by molar-refractivity contribution is 4.85. The van der Waals surface area contributed by atoms with Gasteiger partial charge in [0.2, 0.25) is 0 Å². The fourth-order valence-electron chi connectivity index (χ4n) is 1.82. The van der Waals surface area contributed by atoms with E-state index in [4.69, 9.17) is 0 Å². The molecule has 72 valence electrons. The molecule has 1 aliphatic heterocycles. The van der Waals surface area contributed by atoms with E-state index >= 15 is 0 Å². The minimum atomic E-state index is -0.776. The number of β-amino-alcohol motifs (C(OH)–C–C–N with tert-alkyl or cyclic N) is 1. The molecule has 0 aromatic heterocycles. The first-order valence-electron chi connectivity index (χ1n) is 4.69. The van der Waals surface area contributed by atoms with Crippen molar-refractivity contribution >= 4 is 0 Å². The second-order valence-corrected chi connectivity index (χ2v) is 3.67. The Kier molecular flexibility index (Phi) is 3.47. The van der Waals surface area contributed by atoms with E-state index in [1.165, 1.54) is 0 Å². The van der Waals surface area contributed by atoms with Gasteiger partial charge in [0.05, 0.1) is 6.10 Å². The predicted molar refractivity (Wildman–Crippen MR) is 46.7 cm³/mol. The van der Waals surface area contributed by atoms with Gasteiger partial charge in [0.1, 0.15) is 6.17 Å². The number of hydrogen-bond donors (Lipinski definition) is 2. The van der Waals surface area contributed by atoms with Crippen LogP contribution in [0.1, 0.15) is 20.3 Å². The van der Waals surface area contributed by atoms with Crippen molar-refractivity contribution in [3.63, 3.8) is 0 Å². The first-order chi connectivity index (χ1) is 5.66. The lowest BCUT2D eigenvalue weighted by Crippen LogP contribution is -2.48. The molecule has 2 nitrogen and oxygen atoms in total. The van der Waals surface area contributed by atoms with Gasteiger partial charge in [0, 0.05) is 19.0 Å². The van der Waals surface area contributed by atoms with E-state index in [0.29, 0.717) is 19.5 Å². The number of aliphatic hydroxyl groups excluding tert-OH is 1. The van der Waals surface area contributed by atoms with Gasteiger partial charge in [-0.2, -0.15) is 0 Å². The van der Waals surface area contributed by atoms with Crippen molar-refractivity contribution in [1.82, 2.24) is 5.32 Å². The van der Waals surface area contributed by atoms with Gasteiger partial charge in [-0.3, -0.25) is 0 Å². The average Bonchev–Trinajstić information content (AvgIpc) is 2.08. The van der Waals surface area contributed by atoms with Crippen molar-refractivity contribution in [2.75, 3.05) is 13.1 Å². The van der Waals surface area contributed by atoms with Crippen molar-refractivity contribution in [2.24, 2.45) is 11.8 Å². The lowest BCUT2D eigenvalue weighted by molar-refractivity contribution is 0.0217. The number of piperidine rings is 1. The standard InChI is InChI=1S/C9H18FNO/c1-3-8(10)7-4-11-5-9(12)6(7)2/h6-9,11-12H,3-5H2,1-2H3/t6-,7+,8+,9-/m1/s1. The van der Waals surface area contributed by atoms with Crippen molar-refractivity contribution in [3.8, 4) is 0 Å². The fourth-order valence-corrected chi connectivity index (χ4v) is 1.82. The molecular formula is C9H18FNO. The molecule has 1 fully saturated rings. The maximum atomic E-state index is 13.3. The highest BCUT2D eigenvalue weighted by atomic mass is 19.1. The van der Waals surface area contributed by atoms with Crippen molar-refractivity contribution in [3.05, 3.63) is 0 Å². The van der Waals surface area contributed by atoms with Crippen LogP contribution in [0.25, 0.3) is 0 Å². The van der Waals surface area contributed by atoms with E-state index in [-0.39, 0.29) is 17.9 Å². The van der Waals surface area contributed by atoms with Crippen LogP contribution in [0.2, 0.25) is 0 Å². The molecule has 1 heterocycles. The third-order valence-corrected chi connectivity index (χ3v) is 2.87. The summed E-state index contributed by atoms with van der Waals surface area (Å²) in [4.78, 5) is 0. The number of halogens is 1. The van der Waals surface area contributed by atoms with Crippen LogP contribution in [0, 0.1) is 11.8 Å². The summed E-state index contributed by atoms with van der Waals surface area (Å²) in [7, 11) is 0. The Morgan fingerprint density at radius 3 is 2.83 bits per heavy atom. The summed E-state index contributed by atoms with van der Waals surface area (Å²) in [6.07, 6.45) is -0.611. The van der Waals surface area contributed by atoms with Gasteiger partial charge in [-0.1, -0.05) is 13.8 Å². The van der Waals surface area contributed by atoms with Crippen LogP contribution in [0.15, 0.2) is 0 Å². The topological polar surface area (TPSA) is 32.3 Å². The number of rotatable bonds is 2. The molecule has 0 radical (unpaired) electrons. The summed E-state index contributed by atoms with van der Waals surface area (Å²) < 4.78 is 13.3. The zero-order chi connectivity index (χ0) is 9.14. The largest absolute Gasteiger partial charge is 0.392 e. The van der Waals surface area contributed by atoms with Gasteiger partial charge >= 0.3 is 0 Å². The molecule has 2 N–H and O–H groups in total. The SMILES string of the molecule is CC[C@H](F)[C@H]1CNC[C@@H](O)[C@@H]1C. The quantitative estimate of drug-likeness (QED) is 0.655. The van der Waals surface area contributed by atoms with Gasteiger partial charge in [0.25, 0.3) is 0 Å². The Labute approximate surface area is 73.2 Å². The number of hydrogen-bond acceptors (Lipinski definition) is 2. The number of nitrogens with one attached hydrogen (secondary N) is 1. The molecule has 4 atom stereocenters. The second kappa shape index (κ2) is 4.19. The molecule has 0 aromatic carbocycles. The Bertz CT molecular complexity index is 142. The molecule has 0 bridgehead atoms. The lowest BCUT2D eigenvalue weighted by Gasteiger charge is -2.35. The second-order valence-electron chi connectivity index (χ2n) is 3.67. The van der Waals surface area contributed by atoms with Crippen LogP contribution in [0.5, 0.6) is 0 Å². The molecule has 1 rings (SSSR count). The minimum absolute atomic E-state index is 0.0150. The molecular weight excluding hydrogens is 157 g/mol. The summed E-state index contributed by atoms with van der Waals surface area (Å²) in [5, 5.41) is 12.5. The van der Waals surface area contributed by atoms with E-state index in [0.717, 1.165) is 0 Å².